The van der Waals surface area contributed by atoms with Crippen LogP contribution in [0, 0.1) is 6.92 Å². The Labute approximate surface area is 151 Å². The van der Waals surface area contributed by atoms with Gasteiger partial charge in [0.25, 0.3) is 15.9 Å². The van der Waals surface area contributed by atoms with E-state index >= 15 is 0 Å². The summed E-state index contributed by atoms with van der Waals surface area (Å²) < 4.78 is 27.5. The Kier molecular flexibility index (Phi) is 5.74. The minimum absolute atomic E-state index is 0.0506. The van der Waals surface area contributed by atoms with Gasteiger partial charge >= 0.3 is 0 Å². The summed E-state index contributed by atoms with van der Waals surface area (Å²) in [5.41, 5.74) is 1.07. The highest BCUT2D eigenvalue weighted by Gasteiger charge is 2.20. The van der Waals surface area contributed by atoms with Crippen molar-refractivity contribution in [3.63, 3.8) is 0 Å². The highest BCUT2D eigenvalue weighted by molar-refractivity contribution is 7.92. The van der Waals surface area contributed by atoms with Crippen LogP contribution in [-0.4, -0.2) is 20.9 Å². The molecule has 0 aliphatic heterocycles. The fraction of sp³-hybridized carbons (Fsp3) is 0.188. The maximum atomic E-state index is 12.6. The summed E-state index contributed by atoms with van der Waals surface area (Å²) in [6.07, 6.45) is 0. The number of halogens is 2. The van der Waals surface area contributed by atoms with Crippen molar-refractivity contribution in [3.8, 4) is 0 Å². The van der Waals surface area contributed by atoms with Gasteiger partial charge in [0.2, 0.25) is 0 Å². The maximum absolute atomic E-state index is 12.6. The summed E-state index contributed by atoms with van der Waals surface area (Å²) in [5.74, 6) is -0.331. The molecular weight excluding hydrogens is 371 g/mol. The molecular formula is C16H16Cl2N2O3S. The zero-order valence-electron chi connectivity index (χ0n) is 13.1. The van der Waals surface area contributed by atoms with E-state index in [1.165, 1.54) is 24.3 Å². The fourth-order valence-electron chi connectivity index (χ4n) is 2.06. The Morgan fingerprint density at radius 2 is 1.75 bits per heavy atom. The number of hydrogen-bond acceptors (Lipinski definition) is 3. The van der Waals surface area contributed by atoms with Crippen LogP contribution in [0.4, 0.5) is 5.69 Å². The number of amides is 1. The van der Waals surface area contributed by atoms with Crippen LogP contribution in [0.3, 0.4) is 0 Å². The van der Waals surface area contributed by atoms with Crippen molar-refractivity contribution in [1.29, 1.82) is 0 Å². The number of hydrogen-bond donors (Lipinski definition) is 2. The third-order valence-electron chi connectivity index (χ3n) is 3.30. The van der Waals surface area contributed by atoms with Gasteiger partial charge in [-0.05, 0) is 43.7 Å². The van der Waals surface area contributed by atoms with E-state index in [1.807, 2.05) is 0 Å². The lowest BCUT2D eigenvalue weighted by Crippen LogP contribution is -2.24. The molecule has 2 aromatic carbocycles. The second kappa shape index (κ2) is 7.42. The van der Waals surface area contributed by atoms with Gasteiger partial charge < -0.3 is 5.32 Å². The summed E-state index contributed by atoms with van der Waals surface area (Å²) in [6, 6.07) is 8.99. The van der Waals surface area contributed by atoms with Gasteiger partial charge in [-0.3, -0.25) is 9.52 Å². The molecule has 0 heterocycles. The van der Waals surface area contributed by atoms with Crippen LogP contribution < -0.4 is 10.0 Å². The lowest BCUT2D eigenvalue weighted by molar-refractivity contribution is 0.0955. The van der Waals surface area contributed by atoms with Gasteiger partial charge in [-0.2, -0.15) is 0 Å². The van der Waals surface area contributed by atoms with Crippen molar-refractivity contribution >= 4 is 44.8 Å². The third-order valence-corrected chi connectivity index (χ3v) is 5.28. The number of carbonyl (C=O) groups is 1. The van der Waals surface area contributed by atoms with Crippen molar-refractivity contribution in [1.82, 2.24) is 5.32 Å². The van der Waals surface area contributed by atoms with Crippen molar-refractivity contribution < 1.29 is 13.2 Å². The highest BCUT2D eigenvalue weighted by Crippen LogP contribution is 2.32. The first-order chi connectivity index (χ1) is 11.3. The Hall–Kier alpha value is -1.76. The molecule has 0 spiro atoms. The number of sulfonamides is 1. The molecule has 0 radical (unpaired) electrons. The largest absolute Gasteiger partial charge is 0.352 e. The predicted molar refractivity (Wildman–Crippen MR) is 96.5 cm³/mol. The van der Waals surface area contributed by atoms with Crippen LogP contribution in [0.1, 0.15) is 22.8 Å². The highest BCUT2D eigenvalue weighted by atomic mass is 35.5. The molecule has 0 saturated heterocycles. The molecule has 8 heteroatoms. The van der Waals surface area contributed by atoms with Crippen LogP contribution in [0.15, 0.2) is 41.3 Å². The number of nitrogens with one attached hydrogen (secondary N) is 2. The summed E-state index contributed by atoms with van der Waals surface area (Å²) in [4.78, 5) is 12.0. The van der Waals surface area contributed by atoms with Gasteiger partial charge in [-0.1, -0.05) is 35.3 Å². The lowest BCUT2D eigenvalue weighted by atomic mass is 10.1. The average molecular weight is 387 g/mol. The fourth-order valence-corrected chi connectivity index (χ4v) is 3.79. The molecule has 0 fully saturated rings. The molecule has 0 bridgehead atoms. The van der Waals surface area contributed by atoms with Gasteiger partial charge in [0.15, 0.2) is 0 Å². The first-order valence-electron chi connectivity index (χ1n) is 7.12. The number of carbonyl (C=O) groups excluding carboxylic acids is 1. The van der Waals surface area contributed by atoms with Gasteiger partial charge in [0.05, 0.1) is 20.6 Å². The van der Waals surface area contributed by atoms with E-state index in [4.69, 9.17) is 23.2 Å². The molecule has 2 aromatic rings. The minimum Gasteiger partial charge on any atom is -0.352 e. The standard InChI is InChI=1S/C16H16Cl2N2O3S/c1-3-19-16(21)12-9-11(8-7-10(12)2)24(22,23)20-15-13(17)5-4-6-14(15)18/h4-9,20H,3H2,1-2H3,(H,19,21). The number of para-hydroxylation sites is 1. The molecule has 0 atom stereocenters. The summed E-state index contributed by atoms with van der Waals surface area (Å²) in [7, 11) is -3.94. The molecule has 2 N–H and O–H groups in total. The zero-order valence-corrected chi connectivity index (χ0v) is 15.4. The Morgan fingerprint density at radius 1 is 1.12 bits per heavy atom. The van der Waals surface area contributed by atoms with Crippen LogP contribution in [0.2, 0.25) is 10.0 Å². The second-order valence-corrected chi connectivity index (χ2v) is 7.54. The molecule has 0 aliphatic rings. The molecule has 128 valence electrons. The molecule has 0 aliphatic carbocycles. The topological polar surface area (TPSA) is 75.3 Å². The average Bonchev–Trinajstić information content (AvgIpc) is 2.51. The van der Waals surface area contributed by atoms with Crippen molar-refractivity contribution in [3.05, 3.63) is 57.6 Å². The molecule has 0 aromatic heterocycles. The normalized spacial score (nSPS) is 11.2. The van der Waals surface area contributed by atoms with E-state index in [0.717, 1.165) is 0 Å². The quantitative estimate of drug-likeness (QED) is 0.818. The SMILES string of the molecule is CCNC(=O)c1cc(S(=O)(=O)Nc2c(Cl)cccc2Cl)ccc1C. The van der Waals surface area contributed by atoms with E-state index < -0.39 is 10.0 Å². The van der Waals surface area contributed by atoms with Crippen molar-refractivity contribution in [2.24, 2.45) is 0 Å². The van der Waals surface area contributed by atoms with Crippen LogP contribution >= 0.6 is 23.2 Å². The van der Waals surface area contributed by atoms with Crippen LogP contribution in [0.5, 0.6) is 0 Å². The van der Waals surface area contributed by atoms with E-state index in [-0.39, 0.29) is 26.5 Å². The van der Waals surface area contributed by atoms with E-state index in [9.17, 15) is 13.2 Å². The Morgan fingerprint density at radius 3 is 2.33 bits per heavy atom. The Balaban J connectivity index is 2.43. The van der Waals surface area contributed by atoms with Gasteiger partial charge in [-0.25, -0.2) is 8.42 Å². The van der Waals surface area contributed by atoms with Gasteiger partial charge in [0.1, 0.15) is 0 Å². The van der Waals surface area contributed by atoms with Gasteiger partial charge in [0, 0.05) is 12.1 Å². The predicted octanol–water partition coefficient (Wildman–Crippen LogP) is 3.85. The van der Waals surface area contributed by atoms with Crippen LogP contribution in [0.25, 0.3) is 0 Å². The number of aryl methyl sites for hydroxylation is 1. The van der Waals surface area contributed by atoms with E-state index in [1.54, 1.807) is 26.0 Å². The van der Waals surface area contributed by atoms with Crippen molar-refractivity contribution in [2.45, 2.75) is 18.7 Å². The lowest BCUT2D eigenvalue weighted by Gasteiger charge is -2.13. The first kappa shape index (κ1) is 18.6. The monoisotopic (exact) mass is 386 g/mol. The minimum atomic E-state index is -3.94. The second-order valence-electron chi connectivity index (χ2n) is 5.04. The molecule has 5 nitrogen and oxygen atoms in total. The Bertz CT molecular complexity index is 863. The smallest absolute Gasteiger partial charge is 0.262 e. The zero-order chi connectivity index (χ0) is 17.9. The van der Waals surface area contributed by atoms with Crippen molar-refractivity contribution in [2.75, 3.05) is 11.3 Å². The number of anilines is 1. The van der Waals surface area contributed by atoms with Crippen LogP contribution in [-0.2, 0) is 10.0 Å². The summed E-state index contributed by atoms with van der Waals surface area (Å²) >= 11 is 12.0. The molecule has 0 unspecified atom stereocenters. The maximum Gasteiger partial charge on any atom is 0.262 e. The molecule has 2 rings (SSSR count). The van der Waals surface area contributed by atoms with E-state index in [0.29, 0.717) is 17.7 Å². The molecule has 24 heavy (non-hydrogen) atoms. The van der Waals surface area contributed by atoms with E-state index in [2.05, 4.69) is 10.0 Å². The first-order valence-corrected chi connectivity index (χ1v) is 9.36. The summed E-state index contributed by atoms with van der Waals surface area (Å²) in [5, 5.41) is 3.02. The summed E-state index contributed by atoms with van der Waals surface area (Å²) in [6.45, 7) is 3.97. The third kappa shape index (κ3) is 4.01. The number of benzene rings is 2. The van der Waals surface area contributed by atoms with Gasteiger partial charge in [-0.15, -0.1) is 0 Å². The molecule has 0 saturated carbocycles. The number of rotatable bonds is 5. The molecule has 1 amide bonds.